The Morgan fingerprint density at radius 1 is 1.21 bits per heavy atom. The van der Waals surface area contributed by atoms with Gasteiger partial charge in [-0.15, -0.1) is 11.3 Å². The number of ether oxygens (including phenoxy) is 1. The number of carbonyl (C=O) groups excluding carboxylic acids is 1. The molecule has 1 fully saturated rings. The fraction of sp³-hybridized carbons (Fsp3) is 0.476. The fourth-order valence-corrected chi connectivity index (χ4v) is 4.83. The number of halogens is 2. The SMILES string of the molecule is CC.O=C(NCCc1ccc(OCCN2CCCC2)c(Br)c1)c1cc(Br)cs1. The van der Waals surface area contributed by atoms with Crippen LogP contribution in [0.4, 0.5) is 0 Å². The zero-order valence-electron chi connectivity index (χ0n) is 16.5. The van der Waals surface area contributed by atoms with Crippen LogP contribution in [0.2, 0.25) is 0 Å². The minimum atomic E-state index is -0.0263. The van der Waals surface area contributed by atoms with Gasteiger partial charge in [0.05, 0.1) is 9.35 Å². The molecule has 154 valence electrons. The van der Waals surface area contributed by atoms with E-state index in [4.69, 9.17) is 4.74 Å². The van der Waals surface area contributed by atoms with Crippen LogP contribution in [0.5, 0.6) is 5.75 Å². The second kappa shape index (κ2) is 12.6. The highest BCUT2D eigenvalue weighted by Gasteiger charge is 2.12. The van der Waals surface area contributed by atoms with Crippen LogP contribution in [0.3, 0.4) is 0 Å². The largest absolute Gasteiger partial charge is 0.491 e. The van der Waals surface area contributed by atoms with Crippen molar-refractivity contribution in [3.05, 3.63) is 49.0 Å². The summed E-state index contributed by atoms with van der Waals surface area (Å²) in [7, 11) is 0. The van der Waals surface area contributed by atoms with Crippen LogP contribution in [0, 0.1) is 0 Å². The summed E-state index contributed by atoms with van der Waals surface area (Å²) in [5.74, 6) is 0.849. The summed E-state index contributed by atoms with van der Waals surface area (Å²) < 4.78 is 7.80. The van der Waals surface area contributed by atoms with Crippen molar-refractivity contribution in [2.75, 3.05) is 32.8 Å². The molecule has 0 aliphatic carbocycles. The molecule has 28 heavy (non-hydrogen) atoms. The summed E-state index contributed by atoms with van der Waals surface area (Å²) in [6.07, 6.45) is 3.39. The minimum Gasteiger partial charge on any atom is -0.491 e. The highest BCUT2D eigenvalue weighted by atomic mass is 79.9. The van der Waals surface area contributed by atoms with E-state index in [9.17, 15) is 4.79 Å². The molecule has 0 radical (unpaired) electrons. The summed E-state index contributed by atoms with van der Waals surface area (Å²) >= 11 is 8.40. The molecular formula is C21H28Br2N2O2S. The summed E-state index contributed by atoms with van der Waals surface area (Å²) in [6.45, 7) is 8.69. The number of nitrogens with one attached hydrogen (secondary N) is 1. The second-order valence-electron chi connectivity index (χ2n) is 6.30. The van der Waals surface area contributed by atoms with Gasteiger partial charge in [-0.2, -0.15) is 0 Å². The Kier molecular flexibility index (Phi) is 10.5. The van der Waals surface area contributed by atoms with Crippen LogP contribution in [0.1, 0.15) is 41.9 Å². The maximum Gasteiger partial charge on any atom is 0.261 e. The van der Waals surface area contributed by atoms with Crippen LogP contribution < -0.4 is 10.1 Å². The van der Waals surface area contributed by atoms with E-state index in [1.807, 2.05) is 31.4 Å². The molecule has 4 nitrogen and oxygen atoms in total. The first-order valence-electron chi connectivity index (χ1n) is 9.77. The van der Waals surface area contributed by atoms with Crippen molar-refractivity contribution in [1.29, 1.82) is 0 Å². The average molecular weight is 532 g/mol. The minimum absolute atomic E-state index is 0.0263. The first kappa shape index (κ1) is 23.4. The fourth-order valence-electron chi connectivity index (χ4n) is 2.95. The number of benzene rings is 1. The smallest absolute Gasteiger partial charge is 0.261 e. The number of nitrogens with zero attached hydrogens (tertiary/aromatic N) is 1. The first-order chi connectivity index (χ1) is 13.6. The Balaban J connectivity index is 0.00000136. The van der Waals surface area contributed by atoms with E-state index in [1.165, 1.54) is 37.3 Å². The molecule has 1 N–H and O–H groups in total. The molecule has 1 aliphatic heterocycles. The van der Waals surface area contributed by atoms with E-state index in [0.717, 1.165) is 38.1 Å². The Hall–Kier alpha value is -0.890. The van der Waals surface area contributed by atoms with E-state index < -0.39 is 0 Å². The lowest BCUT2D eigenvalue weighted by molar-refractivity contribution is 0.0958. The Labute approximate surface area is 188 Å². The zero-order chi connectivity index (χ0) is 20.4. The molecule has 1 aromatic heterocycles. The normalized spacial score (nSPS) is 13.7. The van der Waals surface area contributed by atoms with E-state index in [2.05, 4.69) is 54.2 Å². The lowest BCUT2D eigenvalue weighted by atomic mass is 10.1. The molecule has 1 aliphatic rings. The van der Waals surface area contributed by atoms with Gasteiger partial charge in [0.15, 0.2) is 0 Å². The molecular weight excluding hydrogens is 504 g/mol. The molecule has 0 spiro atoms. The lowest BCUT2D eigenvalue weighted by Gasteiger charge is -2.16. The number of rotatable bonds is 8. The van der Waals surface area contributed by atoms with Crippen LogP contribution in [0.25, 0.3) is 0 Å². The summed E-state index contributed by atoms with van der Waals surface area (Å²) in [5.41, 5.74) is 1.16. The molecule has 7 heteroatoms. The molecule has 0 unspecified atom stereocenters. The molecule has 2 aromatic rings. The van der Waals surface area contributed by atoms with Crippen molar-refractivity contribution in [1.82, 2.24) is 10.2 Å². The van der Waals surface area contributed by atoms with E-state index in [-0.39, 0.29) is 5.91 Å². The van der Waals surface area contributed by atoms with Gasteiger partial charge in [-0.25, -0.2) is 0 Å². The number of hydrogen-bond donors (Lipinski definition) is 1. The number of carbonyl (C=O) groups is 1. The zero-order valence-corrected chi connectivity index (χ0v) is 20.5. The van der Waals surface area contributed by atoms with Crippen LogP contribution in [-0.2, 0) is 6.42 Å². The van der Waals surface area contributed by atoms with Gasteiger partial charge in [0, 0.05) is 22.9 Å². The molecule has 0 saturated carbocycles. The third kappa shape index (κ3) is 7.50. The Bertz CT molecular complexity index is 746. The maximum absolute atomic E-state index is 12.0. The van der Waals surface area contributed by atoms with Gasteiger partial charge in [0.2, 0.25) is 0 Å². The van der Waals surface area contributed by atoms with Crippen molar-refractivity contribution < 1.29 is 9.53 Å². The third-order valence-electron chi connectivity index (χ3n) is 4.35. The number of likely N-dealkylation sites (tertiary alicyclic amines) is 1. The number of thiophene rings is 1. The second-order valence-corrected chi connectivity index (χ2v) is 8.98. The number of hydrogen-bond acceptors (Lipinski definition) is 4. The molecule has 1 amide bonds. The highest BCUT2D eigenvalue weighted by Crippen LogP contribution is 2.26. The predicted octanol–water partition coefficient (Wildman–Crippen LogP) is 5.75. The standard InChI is InChI=1S/C19H22Br2N2O2S.C2H6/c20-15-12-18(26-13-15)19(24)22-6-5-14-3-4-17(16(21)11-14)25-10-9-23-7-1-2-8-23;1-2/h3-4,11-13H,1-2,5-10H2,(H,22,24);1-2H3. The van der Waals surface area contributed by atoms with Gasteiger partial charge in [0.1, 0.15) is 12.4 Å². The average Bonchev–Trinajstić information content (AvgIpc) is 3.37. The van der Waals surface area contributed by atoms with E-state index in [0.29, 0.717) is 13.2 Å². The van der Waals surface area contributed by atoms with E-state index >= 15 is 0 Å². The monoisotopic (exact) mass is 530 g/mol. The highest BCUT2D eigenvalue weighted by molar-refractivity contribution is 9.10. The molecule has 2 heterocycles. The Morgan fingerprint density at radius 3 is 2.61 bits per heavy atom. The molecule has 0 atom stereocenters. The van der Waals surface area contributed by atoms with Gasteiger partial charge in [0.25, 0.3) is 5.91 Å². The topological polar surface area (TPSA) is 41.6 Å². The van der Waals surface area contributed by atoms with Crippen molar-refractivity contribution in [2.24, 2.45) is 0 Å². The maximum atomic E-state index is 12.0. The summed E-state index contributed by atoms with van der Waals surface area (Å²) in [6, 6.07) is 7.97. The first-order valence-corrected chi connectivity index (χ1v) is 12.2. The van der Waals surface area contributed by atoms with Crippen molar-refractivity contribution in [3.8, 4) is 5.75 Å². The molecule has 0 bridgehead atoms. The number of amides is 1. The quantitative estimate of drug-likeness (QED) is 0.471. The molecule has 1 saturated heterocycles. The van der Waals surface area contributed by atoms with Crippen LogP contribution >= 0.6 is 43.2 Å². The van der Waals surface area contributed by atoms with Crippen molar-refractivity contribution >= 4 is 49.1 Å². The van der Waals surface area contributed by atoms with Gasteiger partial charge < -0.3 is 10.1 Å². The van der Waals surface area contributed by atoms with Gasteiger partial charge >= 0.3 is 0 Å². The van der Waals surface area contributed by atoms with Crippen molar-refractivity contribution in [3.63, 3.8) is 0 Å². The summed E-state index contributed by atoms with van der Waals surface area (Å²) in [5, 5.41) is 4.87. The van der Waals surface area contributed by atoms with Crippen LogP contribution in [0.15, 0.2) is 38.6 Å². The molecule has 1 aromatic carbocycles. The van der Waals surface area contributed by atoms with Gasteiger partial charge in [-0.1, -0.05) is 19.9 Å². The van der Waals surface area contributed by atoms with Crippen molar-refractivity contribution in [2.45, 2.75) is 33.1 Å². The lowest BCUT2D eigenvalue weighted by Crippen LogP contribution is -2.25. The van der Waals surface area contributed by atoms with Gasteiger partial charge in [-0.05, 0) is 88.0 Å². The molecule has 3 rings (SSSR count). The Morgan fingerprint density at radius 2 is 1.96 bits per heavy atom. The summed E-state index contributed by atoms with van der Waals surface area (Å²) in [4.78, 5) is 15.2. The van der Waals surface area contributed by atoms with Crippen LogP contribution in [-0.4, -0.2) is 43.6 Å². The van der Waals surface area contributed by atoms with E-state index in [1.54, 1.807) is 0 Å². The third-order valence-corrected chi connectivity index (χ3v) is 6.66. The predicted molar refractivity (Wildman–Crippen MR) is 125 cm³/mol. The van der Waals surface area contributed by atoms with Gasteiger partial charge in [-0.3, -0.25) is 9.69 Å².